The van der Waals surface area contributed by atoms with Crippen LogP contribution in [0.2, 0.25) is 0 Å². The lowest BCUT2D eigenvalue weighted by Crippen LogP contribution is -2.27. The van der Waals surface area contributed by atoms with Crippen molar-refractivity contribution in [1.29, 1.82) is 0 Å². The normalized spacial score (nSPS) is 10.6. The van der Waals surface area contributed by atoms with Crippen LogP contribution in [0.3, 0.4) is 0 Å². The van der Waals surface area contributed by atoms with Crippen LogP contribution in [0.1, 0.15) is 5.56 Å². The molecule has 16 heavy (non-hydrogen) atoms. The lowest BCUT2D eigenvalue weighted by Gasteiger charge is -2.12. The fourth-order valence-electron chi connectivity index (χ4n) is 1.26. The molecule has 5 heteroatoms. The van der Waals surface area contributed by atoms with Gasteiger partial charge >= 0.3 is 0 Å². The van der Waals surface area contributed by atoms with Crippen LogP contribution < -0.4 is 5.32 Å². The van der Waals surface area contributed by atoms with Crippen molar-refractivity contribution in [1.82, 2.24) is 4.90 Å². The van der Waals surface area contributed by atoms with Gasteiger partial charge in [-0.05, 0) is 54.6 Å². The van der Waals surface area contributed by atoms with Crippen LogP contribution in [0, 0.1) is 12.7 Å². The highest BCUT2D eigenvalue weighted by Gasteiger charge is 2.09. The van der Waals surface area contributed by atoms with E-state index in [0.29, 0.717) is 10.2 Å². The quantitative estimate of drug-likeness (QED) is 0.926. The summed E-state index contributed by atoms with van der Waals surface area (Å²) in [4.78, 5) is 13.2. The smallest absolute Gasteiger partial charge is 0.238 e. The first-order valence-corrected chi connectivity index (χ1v) is 5.59. The molecule has 0 spiro atoms. The van der Waals surface area contributed by atoms with Crippen LogP contribution >= 0.6 is 15.9 Å². The number of benzene rings is 1. The van der Waals surface area contributed by atoms with E-state index in [1.165, 1.54) is 6.07 Å². The van der Waals surface area contributed by atoms with E-state index < -0.39 is 0 Å². The van der Waals surface area contributed by atoms with Gasteiger partial charge in [0.15, 0.2) is 0 Å². The molecule has 1 N–H and O–H groups in total. The summed E-state index contributed by atoms with van der Waals surface area (Å²) in [5.41, 5.74) is 1.33. The van der Waals surface area contributed by atoms with Gasteiger partial charge in [-0.3, -0.25) is 4.79 Å². The molecule has 0 aliphatic rings. The minimum Gasteiger partial charge on any atom is -0.325 e. The minimum absolute atomic E-state index is 0.158. The Morgan fingerprint density at radius 3 is 2.69 bits per heavy atom. The second-order valence-electron chi connectivity index (χ2n) is 3.87. The molecule has 0 bridgehead atoms. The SMILES string of the molecule is Cc1cc(Br)c(F)cc1NC(=O)CN(C)C. The molecule has 0 aromatic heterocycles. The maximum atomic E-state index is 13.3. The van der Waals surface area contributed by atoms with Crippen molar-refractivity contribution < 1.29 is 9.18 Å². The molecule has 0 fully saturated rings. The third-order valence-electron chi connectivity index (χ3n) is 2.00. The van der Waals surface area contributed by atoms with Crippen LogP contribution in [-0.2, 0) is 4.79 Å². The molecule has 0 aliphatic heterocycles. The molecule has 0 saturated heterocycles. The fraction of sp³-hybridized carbons (Fsp3) is 0.364. The van der Waals surface area contributed by atoms with E-state index in [2.05, 4.69) is 21.2 Å². The average molecular weight is 289 g/mol. The summed E-state index contributed by atoms with van der Waals surface area (Å²) in [6.45, 7) is 2.09. The topological polar surface area (TPSA) is 32.3 Å². The number of likely N-dealkylation sites (N-methyl/N-ethyl adjacent to an activating group) is 1. The van der Waals surface area contributed by atoms with Crippen molar-refractivity contribution in [3.63, 3.8) is 0 Å². The second kappa shape index (κ2) is 5.41. The van der Waals surface area contributed by atoms with Gasteiger partial charge in [0, 0.05) is 5.69 Å². The molecule has 1 rings (SSSR count). The van der Waals surface area contributed by atoms with Crippen molar-refractivity contribution in [3.05, 3.63) is 28.0 Å². The van der Waals surface area contributed by atoms with E-state index in [9.17, 15) is 9.18 Å². The van der Waals surface area contributed by atoms with Crippen LogP contribution in [0.25, 0.3) is 0 Å². The van der Waals surface area contributed by atoms with Crippen LogP contribution in [-0.4, -0.2) is 31.4 Å². The Morgan fingerprint density at radius 2 is 2.12 bits per heavy atom. The summed E-state index contributed by atoms with van der Waals surface area (Å²) in [5, 5.41) is 2.67. The van der Waals surface area contributed by atoms with Gasteiger partial charge in [0.2, 0.25) is 5.91 Å². The van der Waals surface area contributed by atoms with Gasteiger partial charge in [0.1, 0.15) is 5.82 Å². The van der Waals surface area contributed by atoms with Gasteiger partial charge in [0.05, 0.1) is 11.0 Å². The van der Waals surface area contributed by atoms with Gasteiger partial charge in [0.25, 0.3) is 0 Å². The number of aryl methyl sites for hydroxylation is 1. The first-order valence-electron chi connectivity index (χ1n) is 4.80. The monoisotopic (exact) mass is 288 g/mol. The number of nitrogens with one attached hydrogen (secondary N) is 1. The molecule has 0 unspecified atom stereocenters. The predicted octanol–water partition coefficient (Wildman–Crippen LogP) is 2.40. The molecule has 0 aliphatic carbocycles. The number of hydrogen-bond donors (Lipinski definition) is 1. The van der Waals surface area contributed by atoms with E-state index in [0.717, 1.165) is 5.56 Å². The molecule has 0 heterocycles. The van der Waals surface area contributed by atoms with E-state index in [4.69, 9.17) is 0 Å². The Labute approximate surface area is 103 Å². The highest BCUT2D eigenvalue weighted by atomic mass is 79.9. The highest BCUT2D eigenvalue weighted by molar-refractivity contribution is 9.10. The number of anilines is 1. The lowest BCUT2D eigenvalue weighted by atomic mass is 10.2. The average Bonchev–Trinajstić information content (AvgIpc) is 2.12. The van der Waals surface area contributed by atoms with E-state index in [1.54, 1.807) is 25.1 Å². The van der Waals surface area contributed by atoms with Crippen molar-refractivity contribution in [2.45, 2.75) is 6.92 Å². The summed E-state index contributed by atoms with van der Waals surface area (Å²) < 4.78 is 13.7. The van der Waals surface area contributed by atoms with Gasteiger partial charge in [-0.25, -0.2) is 4.39 Å². The number of hydrogen-bond acceptors (Lipinski definition) is 2. The zero-order chi connectivity index (χ0) is 12.3. The van der Waals surface area contributed by atoms with Crippen molar-refractivity contribution in [2.24, 2.45) is 0 Å². The first kappa shape index (κ1) is 13.1. The summed E-state index contributed by atoms with van der Waals surface area (Å²) in [6.07, 6.45) is 0. The Morgan fingerprint density at radius 1 is 1.50 bits per heavy atom. The van der Waals surface area contributed by atoms with Crippen LogP contribution in [0.15, 0.2) is 16.6 Å². The molecule has 3 nitrogen and oxygen atoms in total. The summed E-state index contributed by atoms with van der Waals surface area (Å²) in [7, 11) is 3.60. The van der Waals surface area contributed by atoms with E-state index >= 15 is 0 Å². The Kier molecular flexibility index (Phi) is 4.44. The van der Waals surface area contributed by atoms with Crippen LogP contribution in [0.4, 0.5) is 10.1 Å². The number of carbonyl (C=O) groups excluding carboxylic acids is 1. The first-order chi connectivity index (χ1) is 7.40. The summed E-state index contributed by atoms with van der Waals surface area (Å²) in [6, 6.07) is 2.95. The maximum Gasteiger partial charge on any atom is 0.238 e. The number of carbonyl (C=O) groups is 1. The highest BCUT2D eigenvalue weighted by Crippen LogP contribution is 2.23. The van der Waals surface area contributed by atoms with Gasteiger partial charge in [-0.1, -0.05) is 0 Å². The molecule has 0 radical (unpaired) electrons. The molecular formula is C11H14BrFN2O. The van der Waals surface area contributed by atoms with Crippen LogP contribution in [0.5, 0.6) is 0 Å². The van der Waals surface area contributed by atoms with E-state index in [-0.39, 0.29) is 18.3 Å². The Hall–Kier alpha value is -0.940. The van der Waals surface area contributed by atoms with Gasteiger partial charge in [-0.2, -0.15) is 0 Å². The van der Waals surface area contributed by atoms with Crippen molar-refractivity contribution in [3.8, 4) is 0 Å². The number of amides is 1. The van der Waals surface area contributed by atoms with Crippen molar-refractivity contribution in [2.75, 3.05) is 26.0 Å². The number of nitrogens with zero attached hydrogens (tertiary/aromatic N) is 1. The molecular weight excluding hydrogens is 275 g/mol. The zero-order valence-corrected chi connectivity index (χ0v) is 11.1. The molecule has 0 saturated carbocycles. The Balaban J connectivity index is 2.81. The van der Waals surface area contributed by atoms with Gasteiger partial charge < -0.3 is 10.2 Å². The minimum atomic E-state index is -0.384. The largest absolute Gasteiger partial charge is 0.325 e. The zero-order valence-electron chi connectivity index (χ0n) is 9.47. The summed E-state index contributed by atoms with van der Waals surface area (Å²) in [5.74, 6) is -0.541. The maximum absolute atomic E-state index is 13.3. The predicted molar refractivity (Wildman–Crippen MR) is 66.0 cm³/mol. The Bertz CT molecular complexity index is 407. The molecule has 1 amide bonds. The van der Waals surface area contributed by atoms with Crippen molar-refractivity contribution >= 4 is 27.5 Å². The molecule has 1 aromatic rings. The number of halogens is 2. The molecule has 0 atom stereocenters. The second-order valence-corrected chi connectivity index (χ2v) is 4.72. The summed E-state index contributed by atoms with van der Waals surface area (Å²) >= 11 is 3.09. The third-order valence-corrected chi connectivity index (χ3v) is 2.61. The fourth-order valence-corrected chi connectivity index (χ4v) is 1.72. The van der Waals surface area contributed by atoms with Gasteiger partial charge in [-0.15, -0.1) is 0 Å². The number of rotatable bonds is 3. The lowest BCUT2D eigenvalue weighted by molar-refractivity contribution is -0.116. The third kappa shape index (κ3) is 3.57. The van der Waals surface area contributed by atoms with E-state index in [1.807, 2.05) is 6.92 Å². The molecule has 88 valence electrons. The molecule has 1 aromatic carbocycles. The standard InChI is InChI=1S/C11H14BrFN2O/c1-7-4-8(12)9(13)5-10(7)14-11(16)6-15(2)3/h4-5H,6H2,1-3H3,(H,14,16).